The topological polar surface area (TPSA) is 120 Å². The van der Waals surface area contributed by atoms with Gasteiger partial charge in [0.05, 0.1) is 5.60 Å². The SMILES string of the molecule is CCCNc1nc(NCC(F)(F)F)nc2c(NCC(C)(C)O)nc(NCC(F)(F)F)nc12. The van der Waals surface area contributed by atoms with E-state index in [9.17, 15) is 31.4 Å². The van der Waals surface area contributed by atoms with Crippen molar-refractivity contribution in [1.82, 2.24) is 19.9 Å². The third kappa shape index (κ3) is 8.36. The van der Waals surface area contributed by atoms with E-state index in [0.717, 1.165) is 0 Å². The third-order valence-electron chi connectivity index (χ3n) is 3.67. The minimum Gasteiger partial charge on any atom is -0.389 e. The van der Waals surface area contributed by atoms with Crippen molar-refractivity contribution in [3.05, 3.63) is 0 Å². The summed E-state index contributed by atoms with van der Waals surface area (Å²) in [7, 11) is 0. The average molecular weight is 470 g/mol. The summed E-state index contributed by atoms with van der Waals surface area (Å²) in [4.78, 5) is 16.0. The fourth-order valence-electron chi connectivity index (χ4n) is 2.32. The summed E-state index contributed by atoms with van der Waals surface area (Å²) in [6.07, 6.45) is -8.44. The van der Waals surface area contributed by atoms with Crippen LogP contribution in [0.5, 0.6) is 0 Å². The molecule has 2 rings (SSSR count). The number of nitrogens with zero attached hydrogens (tertiary/aromatic N) is 4. The van der Waals surface area contributed by atoms with Crippen LogP contribution in [0, 0.1) is 0 Å². The van der Waals surface area contributed by atoms with Crippen molar-refractivity contribution in [3.63, 3.8) is 0 Å². The number of alkyl halides is 6. The van der Waals surface area contributed by atoms with Crippen LogP contribution >= 0.6 is 0 Å². The molecule has 9 nitrogen and oxygen atoms in total. The van der Waals surface area contributed by atoms with E-state index < -0.39 is 37.0 Å². The standard InChI is InChI=1S/C17H24F6N8O/c1-4-5-24-11-9-10(29-13(30-11)26-7-16(18,19)20)12(25-6-15(2,3)32)31-14(28-9)27-8-17(21,22)23/h32H,4-8H2,1-3H3,(H2,24,26,29,30)(H2,25,27,28,31). The second kappa shape index (κ2) is 9.75. The maximum atomic E-state index is 12.6. The van der Waals surface area contributed by atoms with Gasteiger partial charge in [-0.1, -0.05) is 6.92 Å². The van der Waals surface area contributed by atoms with Gasteiger partial charge in [0.15, 0.2) is 11.6 Å². The molecule has 32 heavy (non-hydrogen) atoms. The number of halogens is 6. The van der Waals surface area contributed by atoms with Gasteiger partial charge in [-0.15, -0.1) is 0 Å². The van der Waals surface area contributed by atoms with Crippen molar-refractivity contribution in [2.75, 3.05) is 47.4 Å². The molecule has 5 N–H and O–H groups in total. The largest absolute Gasteiger partial charge is 0.405 e. The van der Waals surface area contributed by atoms with Gasteiger partial charge in [0, 0.05) is 13.1 Å². The Bertz CT molecular complexity index is 913. The highest BCUT2D eigenvalue weighted by Gasteiger charge is 2.29. The number of hydrogen-bond donors (Lipinski definition) is 5. The minimum absolute atomic E-state index is 0.00562. The van der Waals surface area contributed by atoms with Crippen molar-refractivity contribution in [3.8, 4) is 0 Å². The van der Waals surface area contributed by atoms with Gasteiger partial charge in [-0.25, -0.2) is 9.97 Å². The highest BCUT2D eigenvalue weighted by molar-refractivity contribution is 5.94. The van der Waals surface area contributed by atoms with Gasteiger partial charge in [-0.3, -0.25) is 0 Å². The Labute approximate surface area is 179 Å². The second-order valence-corrected chi connectivity index (χ2v) is 7.52. The summed E-state index contributed by atoms with van der Waals surface area (Å²) in [5, 5.41) is 19.7. The predicted octanol–water partition coefficient (Wildman–Crippen LogP) is 3.37. The molecule has 0 saturated heterocycles. The number of aromatic nitrogens is 4. The zero-order valence-corrected chi connectivity index (χ0v) is 17.5. The third-order valence-corrected chi connectivity index (χ3v) is 3.67. The van der Waals surface area contributed by atoms with Crippen molar-refractivity contribution in [1.29, 1.82) is 0 Å². The molecule has 2 heterocycles. The first-order chi connectivity index (χ1) is 14.7. The van der Waals surface area contributed by atoms with Crippen LogP contribution in [0.3, 0.4) is 0 Å². The molecule has 0 atom stereocenters. The Morgan fingerprint density at radius 1 is 0.688 bits per heavy atom. The number of aliphatic hydroxyl groups is 1. The zero-order valence-electron chi connectivity index (χ0n) is 17.5. The lowest BCUT2D eigenvalue weighted by Crippen LogP contribution is -2.30. The molecule has 180 valence electrons. The summed E-state index contributed by atoms with van der Waals surface area (Å²) in [6, 6.07) is 0. The fraction of sp³-hybridized carbons (Fsp3) is 0.647. The van der Waals surface area contributed by atoms with E-state index in [1.54, 1.807) is 0 Å². The Morgan fingerprint density at radius 3 is 1.50 bits per heavy atom. The highest BCUT2D eigenvalue weighted by atomic mass is 19.4. The van der Waals surface area contributed by atoms with Gasteiger partial charge >= 0.3 is 12.4 Å². The van der Waals surface area contributed by atoms with Gasteiger partial charge in [0.2, 0.25) is 11.9 Å². The molecule has 15 heteroatoms. The van der Waals surface area contributed by atoms with Crippen LogP contribution in [0.25, 0.3) is 11.0 Å². The van der Waals surface area contributed by atoms with Crippen LogP contribution in [0.1, 0.15) is 27.2 Å². The molecular weight excluding hydrogens is 446 g/mol. The molecule has 0 aliphatic heterocycles. The van der Waals surface area contributed by atoms with Crippen LogP contribution in [0.15, 0.2) is 0 Å². The van der Waals surface area contributed by atoms with Gasteiger partial charge in [-0.2, -0.15) is 36.3 Å². The molecule has 0 spiro atoms. The van der Waals surface area contributed by atoms with Crippen molar-refractivity contribution in [2.45, 2.75) is 45.1 Å². The molecule has 0 saturated carbocycles. The van der Waals surface area contributed by atoms with Crippen LogP contribution in [-0.4, -0.2) is 69.2 Å². The summed E-state index contributed by atoms with van der Waals surface area (Å²) in [5.74, 6) is -0.837. The Morgan fingerprint density at radius 2 is 1.12 bits per heavy atom. The maximum Gasteiger partial charge on any atom is 0.405 e. The summed E-state index contributed by atoms with van der Waals surface area (Å²) < 4.78 is 75.8. The Kier molecular flexibility index (Phi) is 7.74. The molecule has 2 aromatic heterocycles. The molecule has 0 aromatic carbocycles. The number of fused-ring (bicyclic) bond motifs is 1. The van der Waals surface area contributed by atoms with E-state index >= 15 is 0 Å². The van der Waals surface area contributed by atoms with Crippen molar-refractivity contribution >= 4 is 34.6 Å². The van der Waals surface area contributed by atoms with Gasteiger partial charge in [-0.05, 0) is 20.3 Å². The molecule has 0 radical (unpaired) electrons. The summed E-state index contributed by atoms with van der Waals surface area (Å²) >= 11 is 0. The van der Waals surface area contributed by atoms with E-state index in [4.69, 9.17) is 0 Å². The molecule has 0 fully saturated rings. The molecule has 0 amide bonds. The summed E-state index contributed by atoms with van der Waals surface area (Å²) in [6.45, 7) is 2.27. The number of rotatable bonds is 10. The average Bonchev–Trinajstić information content (AvgIpc) is 2.65. The van der Waals surface area contributed by atoms with Crippen LogP contribution < -0.4 is 21.3 Å². The first-order valence-corrected chi connectivity index (χ1v) is 9.58. The number of anilines is 4. The van der Waals surface area contributed by atoms with E-state index in [2.05, 4.69) is 41.2 Å². The Balaban J connectivity index is 2.57. The smallest absolute Gasteiger partial charge is 0.389 e. The molecule has 0 unspecified atom stereocenters. The lowest BCUT2D eigenvalue weighted by atomic mass is 10.1. The molecule has 0 bridgehead atoms. The van der Waals surface area contributed by atoms with E-state index in [-0.39, 0.29) is 35.2 Å². The molecule has 0 aliphatic carbocycles. The monoisotopic (exact) mass is 470 g/mol. The maximum absolute atomic E-state index is 12.6. The second-order valence-electron chi connectivity index (χ2n) is 7.52. The van der Waals surface area contributed by atoms with E-state index in [1.165, 1.54) is 13.8 Å². The van der Waals surface area contributed by atoms with Gasteiger partial charge in [0.25, 0.3) is 0 Å². The van der Waals surface area contributed by atoms with E-state index in [1.807, 2.05) is 6.92 Å². The quantitative estimate of drug-likeness (QED) is 0.333. The number of nitrogens with one attached hydrogen (secondary N) is 4. The predicted molar refractivity (Wildman–Crippen MR) is 108 cm³/mol. The van der Waals surface area contributed by atoms with Crippen molar-refractivity contribution in [2.24, 2.45) is 0 Å². The zero-order chi connectivity index (χ0) is 24.2. The lowest BCUT2D eigenvalue weighted by molar-refractivity contribution is -0.116. The van der Waals surface area contributed by atoms with Gasteiger partial charge in [0.1, 0.15) is 24.1 Å². The van der Waals surface area contributed by atoms with Crippen LogP contribution in [0.4, 0.5) is 49.9 Å². The number of hydrogen-bond acceptors (Lipinski definition) is 9. The molecule has 2 aromatic rings. The molecule has 0 aliphatic rings. The van der Waals surface area contributed by atoms with Crippen LogP contribution in [-0.2, 0) is 0 Å². The fourth-order valence-corrected chi connectivity index (χ4v) is 2.32. The summed E-state index contributed by atoms with van der Waals surface area (Å²) in [5.41, 5.74) is -1.27. The first-order valence-electron chi connectivity index (χ1n) is 9.58. The Hall–Kier alpha value is -2.84. The molecular formula is C17H24F6N8O. The normalized spacial score (nSPS) is 12.7. The first kappa shape index (κ1) is 25.4. The minimum atomic E-state index is -4.54. The lowest BCUT2D eigenvalue weighted by Gasteiger charge is -2.20. The highest BCUT2D eigenvalue weighted by Crippen LogP contribution is 2.28. The van der Waals surface area contributed by atoms with E-state index in [0.29, 0.717) is 13.0 Å². The van der Waals surface area contributed by atoms with Crippen LogP contribution in [0.2, 0.25) is 0 Å². The van der Waals surface area contributed by atoms with Crippen molar-refractivity contribution < 1.29 is 31.4 Å². The van der Waals surface area contributed by atoms with Gasteiger partial charge < -0.3 is 26.4 Å².